The lowest BCUT2D eigenvalue weighted by atomic mass is 10.2. The molecule has 1 aromatic carbocycles. The first-order chi connectivity index (χ1) is 9.03. The largest absolute Gasteiger partial charge is 0.490 e. The van der Waals surface area contributed by atoms with Crippen LogP contribution in [-0.4, -0.2) is 25.8 Å². The summed E-state index contributed by atoms with van der Waals surface area (Å²) in [7, 11) is 1.32. The van der Waals surface area contributed by atoms with Crippen molar-refractivity contribution in [2.24, 2.45) is 5.73 Å². The fraction of sp³-hybridized carbons (Fsp3) is 0.462. The number of ether oxygens (including phenoxy) is 3. The van der Waals surface area contributed by atoms with Gasteiger partial charge < -0.3 is 19.9 Å². The maximum Gasteiger partial charge on any atom is 0.346 e. The third-order valence-corrected chi connectivity index (χ3v) is 3.02. The van der Waals surface area contributed by atoms with Gasteiger partial charge in [0.15, 0.2) is 17.6 Å². The Balaban J connectivity index is 3.07. The first kappa shape index (κ1) is 15.8. The van der Waals surface area contributed by atoms with E-state index in [0.717, 1.165) is 5.56 Å². The third kappa shape index (κ3) is 4.11. The Morgan fingerprint density at radius 3 is 2.68 bits per heavy atom. The van der Waals surface area contributed by atoms with Gasteiger partial charge in [-0.05, 0) is 47.5 Å². The van der Waals surface area contributed by atoms with Crippen molar-refractivity contribution in [3.05, 3.63) is 22.2 Å². The molecule has 0 aliphatic rings. The van der Waals surface area contributed by atoms with Gasteiger partial charge in [-0.3, -0.25) is 0 Å². The summed E-state index contributed by atoms with van der Waals surface area (Å²) in [5.74, 6) is 0.572. The molecule has 6 heteroatoms. The summed E-state index contributed by atoms with van der Waals surface area (Å²) in [4.78, 5) is 11.4. The number of hydrogen-bond donors (Lipinski definition) is 1. The molecule has 0 aliphatic heterocycles. The summed E-state index contributed by atoms with van der Waals surface area (Å²) < 4.78 is 16.4. The van der Waals surface area contributed by atoms with Gasteiger partial charge >= 0.3 is 5.97 Å². The molecule has 0 saturated carbocycles. The van der Waals surface area contributed by atoms with Crippen molar-refractivity contribution in [2.75, 3.05) is 13.7 Å². The van der Waals surface area contributed by atoms with Gasteiger partial charge in [0.25, 0.3) is 0 Å². The highest BCUT2D eigenvalue weighted by Gasteiger charge is 2.20. The molecule has 2 N–H and O–H groups in total. The summed E-state index contributed by atoms with van der Waals surface area (Å²) in [6.07, 6.45) is -0.718. The number of halogens is 1. The van der Waals surface area contributed by atoms with E-state index in [4.69, 9.17) is 15.2 Å². The Hall–Kier alpha value is -1.27. The number of esters is 1. The maximum absolute atomic E-state index is 11.4. The predicted molar refractivity (Wildman–Crippen MR) is 75.3 cm³/mol. The van der Waals surface area contributed by atoms with Gasteiger partial charge in [-0.1, -0.05) is 0 Å². The van der Waals surface area contributed by atoms with Crippen LogP contribution in [0.5, 0.6) is 11.5 Å². The van der Waals surface area contributed by atoms with Crippen LogP contribution in [0, 0.1) is 0 Å². The summed E-state index contributed by atoms with van der Waals surface area (Å²) in [5, 5.41) is 0. The van der Waals surface area contributed by atoms with Gasteiger partial charge in [0.1, 0.15) is 0 Å². The first-order valence-electron chi connectivity index (χ1n) is 5.93. The van der Waals surface area contributed by atoms with Crippen LogP contribution in [0.4, 0.5) is 0 Å². The number of nitrogens with two attached hydrogens (primary N) is 1. The Kier molecular flexibility index (Phi) is 6.11. The lowest BCUT2D eigenvalue weighted by Crippen LogP contribution is -2.25. The van der Waals surface area contributed by atoms with E-state index in [1.807, 2.05) is 13.0 Å². The highest BCUT2D eigenvalue weighted by molar-refractivity contribution is 9.10. The second-order valence-corrected chi connectivity index (χ2v) is 4.68. The average Bonchev–Trinajstić information content (AvgIpc) is 2.41. The van der Waals surface area contributed by atoms with Crippen molar-refractivity contribution in [1.82, 2.24) is 0 Å². The SMILES string of the molecule is CCOc1cc(CN)cc(Br)c1OC(C)C(=O)OC. The molecule has 1 aromatic rings. The van der Waals surface area contributed by atoms with Gasteiger partial charge in [-0.15, -0.1) is 0 Å². The lowest BCUT2D eigenvalue weighted by Gasteiger charge is -2.18. The standard InChI is InChI=1S/C13H18BrNO4/c1-4-18-11-6-9(7-15)5-10(14)12(11)19-8(2)13(16)17-3/h5-6,8H,4,7,15H2,1-3H3. The van der Waals surface area contributed by atoms with E-state index in [9.17, 15) is 4.79 Å². The molecule has 0 fully saturated rings. The summed E-state index contributed by atoms with van der Waals surface area (Å²) in [5.41, 5.74) is 6.52. The highest BCUT2D eigenvalue weighted by atomic mass is 79.9. The summed E-state index contributed by atoms with van der Waals surface area (Å²) in [6.45, 7) is 4.37. The molecule has 0 radical (unpaired) electrons. The molecule has 0 saturated heterocycles. The zero-order chi connectivity index (χ0) is 14.4. The van der Waals surface area contributed by atoms with Crippen LogP contribution in [0.3, 0.4) is 0 Å². The van der Waals surface area contributed by atoms with Crippen LogP contribution in [0.2, 0.25) is 0 Å². The van der Waals surface area contributed by atoms with E-state index < -0.39 is 12.1 Å². The number of rotatable bonds is 6. The van der Waals surface area contributed by atoms with Crippen LogP contribution in [0.15, 0.2) is 16.6 Å². The molecule has 0 aliphatic carbocycles. The Morgan fingerprint density at radius 2 is 2.16 bits per heavy atom. The minimum absolute atomic E-state index is 0.394. The number of carbonyl (C=O) groups is 1. The highest BCUT2D eigenvalue weighted by Crippen LogP contribution is 2.37. The molecule has 1 atom stereocenters. The van der Waals surface area contributed by atoms with Crippen molar-refractivity contribution >= 4 is 21.9 Å². The molecular formula is C13H18BrNO4. The summed E-state index contributed by atoms with van der Waals surface area (Å²) in [6, 6.07) is 3.63. The van der Waals surface area contributed by atoms with Crippen molar-refractivity contribution in [3.8, 4) is 11.5 Å². The molecule has 0 heterocycles. The molecule has 0 aromatic heterocycles. The maximum atomic E-state index is 11.4. The van der Waals surface area contributed by atoms with E-state index in [-0.39, 0.29) is 0 Å². The van der Waals surface area contributed by atoms with Crippen LogP contribution >= 0.6 is 15.9 Å². The molecule has 5 nitrogen and oxygen atoms in total. The smallest absolute Gasteiger partial charge is 0.346 e. The fourth-order valence-corrected chi connectivity index (χ4v) is 2.09. The number of hydrogen-bond acceptors (Lipinski definition) is 5. The molecule has 0 amide bonds. The van der Waals surface area contributed by atoms with Crippen LogP contribution < -0.4 is 15.2 Å². The first-order valence-corrected chi connectivity index (χ1v) is 6.72. The van der Waals surface area contributed by atoms with Crippen LogP contribution in [0.1, 0.15) is 19.4 Å². The normalized spacial score (nSPS) is 11.8. The lowest BCUT2D eigenvalue weighted by molar-refractivity contribution is -0.147. The van der Waals surface area contributed by atoms with E-state index in [1.54, 1.807) is 13.0 Å². The Bertz CT molecular complexity index is 451. The third-order valence-electron chi connectivity index (χ3n) is 2.43. The number of methoxy groups -OCH3 is 1. The minimum atomic E-state index is -0.718. The van der Waals surface area contributed by atoms with E-state index in [2.05, 4.69) is 20.7 Å². The van der Waals surface area contributed by atoms with Gasteiger partial charge in [0.05, 0.1) is 18.2 Å². The zero-order valence-electron chi connectivity index (χ0n) is 11.2. The van der Waals surface area contributed by atoms with Gasteiger partial charge in [-0.25, -0.2) is 4.79 Å². The van der Waals surface area contributed by atoms with Gasteiger partial charge in [0, 0.05) is 6.54 Å². The predicted octanol–water partition coefficient (Wildman–Crippen LogP) is 2.25. The molecular weight excluding hydrogens is 314 g/mol. The van der Waals surface area contributed by atoms with Gasteiger partial charge in [-0.2, -0.15) is 0 Å². The molecule has 19 heavy (non-hydrogen) atoms. The second-order valence-electron chi connectivity index (χ2n) is 3.83. The van der Waals surface area contributed by atoms with Gasteiger partial charge in [0.2, 0.25) is 0 Å². The molecule has 1 rings (SSSR count). The molecule has 0 spiro atoms. The number of benzene rings is 1. The van der Waals surface area contributed by atoms with Crippen molar-refractivity contribution in [1.29, 1.82) is 0 Å². The molecule has 1 unspecified atom stereocenters. The minimum Gasteiger partial charge on any atom is -0.490 e. The van der Waals surface area contributed by atoms with Crippen LogP contribution in [-0.2, 0) is 16.1 Å². The molecule has 106 valence electrons. The topological polar surface area (TPSA) is 70.8 Å². The molecule has 0 bridgehead atoms. The van der Waals surface area contributed by atoms with Crippen molar-refractivity contribution < 1.29 is 19.0 Å². The Labute approximate surface area is 121 Å². The van der Waals surface area contributed by atoms with Crippen molar-refractivity contribution in [2.45, 2.75) is 26.5 Å². The quantitative estimate of drug-likeness (QED) is 0.809. The average molecular weight is 332 g/mol. The Morgan fingerprint density at radius 1 is 1.47 bits per heavy atom. The fourth-order valence-electron chi connectivity index (χ4n) is 1.51. The second kappa shape index (κ2) is 7.35. The van der Waals surface area contributed by atoms with Crippen LogP contribution in [0.25, 0.3) is 0 Å². The number of carbonyl (C=O) groups excluding carboxylic acids is 1. The van der Waals surface area contributed by atoms with Crippen molar-refractivity contribution in [3.63, 3.8) is 0 Å². The summed E-state index contributed by atoms with van der Waals surface area (Å²) >= 11 is 3.40. The van der Waals surface area contributed by atoms with E-state index >= 15 is 0 Å². The zero-order valence-corrected chi connectivity index (χ0v) is 12.8. The monoisotopic (exact) mass is 331 g/mol. The van der Waals surface area contributed by atoms with E-state index in [0.29, 0.717) is 29.1 Å². The van der Waals surface area contributed by atoms with E-state index in [1.165, 1.54) is 7.11 Å².